The monoisotopic (exact) mass is 393 g/mol. The van der Waals surface area contributed by atoms with E-state index in [4.69, 9.17) is 22.4 Å². The van der Waals surface area contributed by atoms with Gasteiger partial charge in [0, 0.05) is 28.2 Å². The Balaban J connectivity index is 0.000000167. The lowest BCUT2D eigenvalue weighted by Gasteiger charge is -2.05. The van der Waals surface area contributed by atoms with Crippen molar-refractivity contribution < 1.29 is 14.7 Å². The molecule has 0 aliphatic rings. The number of carbonyl (C=O) groups excluding carboxylic acids is 1. The largest absolute Gasteiger partial charge is 0.477 e. The molecule has 0 radical (unpaired) electrons. The average molecular weight is 394 g/mol. The van der Waals surface area contributed by atoms with Crippen LogP contribution in [0.15, 0.2) is 72.9 Å². The number of H-pyrrole nitrogens is 1. The molecule has 0 spiro atoms. The van der Waals surface area contributed by atoms with Crippen molar-refractivity contribution in [1.82, 2.24) is 9.97 Å². The van der Waals surface area contributed by atoms with Gasteiger partial charge in [0.05, 0.1) is 0 Å². The summed E-state index contributed by atoms with van der Waals surface area (Å²) in [5.74, 6) is -1.38. The zero-order chi connectivity index (χ0) is 20.1. The molecule has 0 saturated carbocycles. The van der Waals surface area contributed by atoms with Crippen LogP contribution in [-0.4, -0.2) is 27.0 Å². The molecule has 4 rings (SSSR count). The summed E-state index contributed by atoms with van der Waals surface area (Å²) in [7, 11) is 0. The number of carbonyl (C=O) groups is 2. The quantitative estimate of drug-likeness (QED) is 0.449. The van der Waals surface area contributed by atoms with Crippen LogP contribution in [0.4, 0.5) is 0 Å². The summed E-state index contributed by atoms with van der Waals surface area (Å²) in [4.78, 5) is 28.5. The topological polar surface area (TPSA) is 109 Å². The van der Waals surface area contributed by atoms with Gasteiger partial charge in [0.1, 0.15) is 10.8 Å². The number of para-hydroxylation sites is 1. The number of nitrogens with zero attached hydrogens (tertiary/aromatic N) is 1. The lowest BCUT2D eigenvalue weighted by atomic mass is 10.0. The predicted molar refractivity (Wildman–Crippen MR) is 108 cm³/mol. The van der Waals surface area contributed by atoms with Crippen LogP contribution in [0.2, 0.25) is 5.15 Å². The Morgan fingerprint density at radius 2 is 1.71 bits per heavy atom. The smallest absolute Gasteiger partial charge is 0.352 e. The summed E-state index contributed by atoms with van der Waals surface area (Å²) in [6.07, 6.45) is 1.62. The molecule has 28 heavy (non-hydrogen) atoms. The number of primary amides is 1. The number of benzene rings is 2. The number of rotatable bonds is 3. The molecule has 2 heterocycles. The number of amides is 1. The number of nitrogens with two attached hydrogens (primary N) is 1. The number of aromatic carboxylic acids is 1. The number of nitrogens with one attached hydrogen (secondary N) is 1. The van der Waals surface area contributed by atoms with Crippen LogP contribution in [0.5, 0.6) is 0 Å². The Labute approximate surface area is 165 Å². The molecule has 2 aromatic carbocycles. The van der Waals surface area contributed by atoms with E-state index in [1.807, 2.05) is 36.4 Å². The fourth-order valence-electron chi connectivity index (χ4n) is 2.67. The first kappa shape index (κ1) is 19.1. The number of carboxylic acid groups (broad SMARTS) is 1. The van der Waals surface area contributed by atoms with Crippen molar-refractivity contribution in [2.45, 2.75) is 0 Å². The van der Waals surface area contributed by atoms with Crippen LogP contribution < -0.4 is 5.73 Å². The van der Waals surface area contributed by atoms with Gasteiger partial charge in [0.15, 0.2) is 0 Å². The van der Waals surface area contributed by atoms with Gasteiger partial charge in [-0.2, -0.15) is 0 Å². The van der Waals surface area contributed by atoms with Gasteiger partial charge in [0.25, 0.3) is 0 Å². The van der Waals surface area contributed by atoms with E-state index >= 15 is 0 Å². The Morgan fingerprint density at radius 1 is 1.00 bits per heavy atom. The molecule has 0 unspecified atom stereocenters. The van der Waals surface area contributed by atoms with Crippen LogP contribution in [0.25, 0.3) is 22.0 Å². The highest BCUT2D eigenvalue weighted by molar-refractivity contribution is 6.29. The number of hydrogen-bond acceptors (Lipinski definition) is 3. The van der Waals surface area contributed by atoms with Gasteiger partial charge >= 0.3 is 5.97 Å². The molecule has 7 heteroatoms. The van der Waals surface area contributed by atoms with E-state index in [0.717, 1.165) is 22.0 Å². The SMILES string of the molecule is NC(=O)c1ccccc1-c1ccc(Cl)nc1.O=C(O)c1cc2ccccc2[nH]1. The van der Waals surface area contributed by atoms with Crippen molar-refractivity contribution in [3.8, 4) is 11.1 Å². The lowest BCUT2D eigenvalue weighted by Crippen LogP contribution is -2.12. The van der Waals surface area contributed by atoms with Gasteiger partial charge in [-0.1, -0.05) is 48.0 Å². The third kappa shape index (κ3) is 4.36. The van der Waals surface area contributed by atoms with E-state index in [9.17, 15) is 9.59 Å². The zero-order valence-electron chi connectivity index (χ0n) is 14.6. The first-order valence-corrected chi connectivity index (χ1v) is 8.65. The van der Waals surface area contributed by atoms with Crippen LogP contribution in [0, 0.1) is 0 Å². The van der Waals surface area contributed by atoms with E-state index in [0.29, 0.717) is 10.7 Å². The van der Waals surface area contributed by atoms with Crippen molar-refractivity contribution >= 4 is 34.4 Å². The van der Waals surface area contributed by atoms with E-state index < -0.39 is 11.9 Å². The Bertz CT molecular complexity index is 1100. The number of halogens is 1. The number of pyridine rings is 1. The van der Waals surface area contributed by atoms with E-state index in [-0.39, 0.29) is 5.69 Å². The fourth-order valence-corrected chi connectivity index (χ4v) is 2.79. The van der Waals surface area contributed by atoms with Crippen molar-refractivity contribution in [2.75, 3.05) is 0 Å². The van der Waals surface area contributed by atoms with Crippen LogP contribution >= 0.6 is 11.6 Å². The molecule has 0 atom stereocenters. The maximum Gasteiger partial charge on any atom is 0.352 e. The molecule has 0 fully saturated rings. The molecule has 4 N–H and O–H groups in total. The highest BCUT2D eigenvalue weighted by atomic mass is 35.5. The summed E-state index contributed by atoms with van der Waals surface area (Å²) >= 11 is 5.70. The minimum absolute atomic E-state index is 0.233. The Kier molecular flexibility index (Phi) is 5.72. The third-order valence-corrected chi connectivity index (χ3v) is 4.21. The second-order valence-corrected chi connectivity index (χ2v) is 6.24. The zero-order valence-corrected chi connectivity index (χ0v) is 15.4. The number of fused-ring (bicyclic) bond motifs is 1. The van der Waals surface area contributed by atoms with Gasteiger partial charge in [-0.25, -0.2) is 9.78 Å². The standard InChI is InChI=1S/C12H9ClN2O.C9H7NO2/c13-11-6-5-8(7-15-11)9-3-1-2-4-10(9)12(14)16;11-9(12)8-5-6-3-1-2-4-7(6)10-8/h1-7H,(H2,14,16);1-5,10H,(H,11,12). The van der Waals surface area contributed by atoms with Gasteiger partial charge in [-0.15, -0.1) is 0 Å². The van der Waals surface area contributed by atoms with Crippen molar-refractivity contribution in [2.24, 2.45) is 5.73 Å². The molecule has 0 aliphatic carbocycles. The Hall–Kier alpha value is -3.64. The van der Waals surface area contributed by atoms with Crippen LogP contribution in [0.3, 0.4) is 0 Å². The van der Waals surface area contributed by atoms with Crippen molar-refractivity contribution in [3.63, 3.8) is 0 Å². The minimum Gasteiger partial charge on any atom is -0.477 e. The first-order chi connectivity index (χ1) is 13.5. The van der Waals surface area contributed by atoms with Gasteiger partial charge in [0.2, 0.25) is 5.91 Å². The molecule has 4 aromatic rings. The number of hydrogen-bond donors (Lipinski definition) is 3. The average Bonchev–Trinajstić information content (AvgIpc) is 3.14. The van der Waals surface area contributed by atoms with Crippen molar-refractivity contribution in [3.05, 3.63) is 89.3 Å². The molecular formula is C21H16ClN3O3. The van der Waals surface area contributed by atoms with E-state index in [1.165, 1.54) is 0 Å². The molecule has 6 nitrogen and oxygen atoms in total. The summed E-state index contributed by atoms with van der Waals surface area (Å²) in [5.41, 5.74) is 8.45. The highest BCUT2D eigenvalue weighted by Gasteiger charge is 2.09. The third-order valence-electron chi connectivity index (χ3n) is 3.99. The predicted octanol–water partition coefficient (Wildman–Crippen LogP) is 4.37. The molecule has 0 aliphatic heterocycles. The lowest BCUT2D eigenvalue weighted by molar-refractivity contribution is 0.0691. The minimum atomic E-state index is -0.925. The van der Waals surface area contributed by atoms with E-state index in [2.05, 4.69) is 9.97 Å². The summed E-state index contributed by atoms with van der Waals surface area (Å²) in [6.45, 7) is 0. The van der Waals surface area contributed by atoms with Crippen LogP contribution in [0.1, 0.15) is 20.8 Å². The molecular weight excluding hydrogens is 378 g/mol. The van der Waals surface area contributed by atoms with Crippen LogP contribution in [-0.2, 0) is 0 Å². The molecule has 0 bridgehead atoms. The maximum absolute atomic E-state index is 11.2. The molecule has 140 valence electrons. The second kappa shape index (κ2) is 8.37. The highest BCUT2D eigenvalue weighted by Crippen LogP contribution is 2.23. The second-order valence-electron chi connectivity index (χ2n) is 5.85. The van der Waals surface area contributed by atoms with Gasteiger partial charge in [-0.3, -0.25) is 4.79 Å². The molecule has 1 amide bonds. The van der Waals surface area contributed by atoms with Crippen molar-refractivity contribution in [1.29, 1.82) is 0 Å². The number of aromatic amines is 1. The maximum atomic E-state index is 11.2. The number of carboxylic acids is 1. The normalized spacial score (nSPS) is 10.2. The Morgan fingerprint density at radius 3 is 2.36 bits per heavy atom. The summed E-state index contributed by atoms with van der Waals surface area (Å²) in [5, 5.41) is 10.00. The first-order valence-electron chi connectivity index (χ1n) is 8.27. The molecule has 2 aromatic heterocycles. The number of aromatic nitrogens is 2. The van der Waals surface area contributed by atoms with Gasteiger partial charge in [-0.05, 0) is 35.9 Å². The summed E-state index contributed by atoms with van der Waals surface area (Å²) in [6, 6.07) is 19.7. The molecule has 0 saturated heterocycles. The van der Waals surface area contributed by atoms with Gasteiger partial charge < -0.3 is 15.8 Å². The fraction of sp³-hybridized carbons (Fsp3) is 0. The summed E-state index contributed by atoms with van der Waals surface area (Å²) < 4.78 is 0. The van der Waals surface area contributed by atoms with E-state index in [1.54, 1.807) is 36.5 Å².